The highest BCUT2D eigenvalue weighted by molar-refractivity contribution is 5.94. The van der Waals surface area contributed by atoms with Gasteiger partial charge >= 0.3 is 0 Å². The molecule has 1 aliphatic rings. The third kappa shape index (κ3) is 3.95. The van der Waals surface area contributed by atoms with Crippen LogP contribution >= 0.6 is 0 Å². The fraction of sp³-hybridized carbons (Fsp3) is 0.174. The monoisotopic (exact) mass is 359 g/mol. The van der Waals surface area contributed by atoms with Crippen molar-refractivity contribution < 1.29 is 14.3 Å². The first kappa shape index (κ1) is 17.2. The van der Waals surface area contributed by atoms with Gasteiger partial charge in [0.15, 0.2) is 0 Å². The smallest absolute Gasteiger partial charge is 0.270 e. The van der Waals surface area contributed by atoms with Gasteiger partial charge in [0.1, 0.15) is 11.5 Å². The molecule has 3 aromatic rings. The highest BCUT2D eigenvalue weighted by Gasteiger charge is 2.30. The van der Waals surface area contributed by atoms with Gasteiger partial charge in [-0.25, -0.2) is 0 Å². The lowest BCUT2D eigenvalue weighted by Gasteiger charge is -2.17. The van der Waals surface area contributed by atoms with Gasteiger partial charge < -0.3 is 14.3 Å². The Morgan fingerprint density at radius 3 is 1.93 bits per heavy atom. The number of methoxy groups -OCH3 is 1. The van der Waals surface area contributed by atoms with Crippen molar-refractivity contribution in [3.8, 4) is 11.5 Å². The van der Waals surface area contributed by atoms with E-state index < -0.39 is 6.29 Å². The maximum Gasteiger partial charge on any atom is 0.270 e. The van der Waals surface area contributed by atoms with Gasteiger partial charge in [-0.2, -0.15) is 0 Å². The van der Waals surface area contributed by atoms with E-state index >= 15 is 0 Å². The van der Waals surface area contributed by atoms with E-state index in [0.29, 0.717) is 6.42 Å². The van der Waals surface area contributed by atoms with Crippen LogP contribution in [0, 0.1) is 0 Å². The lowest BCUT2D eigenvalue weighted by molar-refractivity contribution is -0.0570. The average molecular weight is 359 g/mol. The highest BCUT2D eigenvalue weighted by atomic mass is 16.8. The minimum Gasteiger partial charge on any atom is -0.497 e. The van der Waals surface area contributed by atoms with Gasteiger partial charge in [-0.3, -0.25) is 0 Å². The van der Waals surface area contributed by atoms with E-state index in [9.17, 15) is 0 Å². The summed E-state index contributed by atoms with van der Waals surface area (Å²) >= 11 is 0. The molecule has 4 nitrogen and oxygen atoms in total. The zero-order valence-corrected chi connectivity index (χ0v) is 15.1. The molecule has 0 bridgehead atoms. The van der Waals surface area contributed by atoms with Crippen molar-refractivity contribution >= 4 is 5.71 Å². The number of ether oxygens (including phenoxy) is 2. The van der Waals surface area contributed by atoms with Crippen molar-refractivity contribution in [2.45, 2.75) is 18.6 Å². The molecule has 0 radical (unpaired) electrons. The molecule has 0 saturated carbocycles. The van der Waals surface area contributed by atoms with Crippen LogP contribution in [0.3, 0.4) is 0 Å². The van der Waals surface area contributed by atoms with E-state index in [1.165, 1.54) is 11.1 Å². The molecule has 1 heterocycles. The molecule has 0 saturated heterocycles. The van der Waals surface area contributed by atoms with E-state index in [-0.39, 0.29) is 5.92 Å². The molecular formula is C23H21NO3. The summed E-state index contributed by atoms with van der Waals surface area (Å²) in [7, 11) is 1.64. The summed E-state index contributed by atoms with van der Waals surface area (Å²) in [5.74, 6) is 1.57. The van der Waals surface area contributed by atoms with Crippen LogP contribution in [0.2, 0.25) is 0 Å². The van der Waals surface area contributed by atoms with Gasteiger partial charge in [0.25, 0.3) is 6.29 Å². The fourth-order valence-electron chi connectivity index (χ4n) is 3.28. The van der Waals surface area contributed by atoms with Crippen molar-refractivity contribution in [3.63, 3.8) is 0 Å². The predicted octanol–water partition coefficient (Wildman–Crippen LogP) is 5.01. The van der Waals surface area contributed by atoms with E-state index in [1.807, 2.05) is 60.7 Å². The first-order valence-electron chi connectivity index (χ1n) is 8.96. The molecule has 0 spiro atoms. The summed E-state index contributed by atoms with van der Waals surface area (Å²) in [5, 5.41) is 4.37. The molecule has 4 heteroatoms. The van der Waals surface area contributed by atoms with Crippen LogP contribution in [0.5, 0.6) is 11.5 Å². The Morgan fingerprint density at radius 2 is 1.37 bits per heavy atom. The minimum atomic E-state index is -0.427. The SMILES string of the molecule is COc1ccc(OC2CC(C(c3ccccc3)c3ccccc3)=NO2)cc1. The Hall–Kier alpha value is -3.27. The Bertz CT molecular complexity index is 852. The van der Waals surface area contributed by atoms with Crippen LogP contribution < -0.4 is 9.47 Å². The molecular weight excluding hydrogens is 338 g/mol. The molecule has 0 aromatic heterocycles. The first-order valence-corrected chi connectivity index (χ1v) is 8.96. The molecule has 1 aliphatic heterocycles. The standard InChI is InChI=1S/C23H21NO3/c1-25-19-12-14-20(15-13-19)26-22-16-21(24-27-22)23(17-8-4-2-5-9-17)18-10-6-3-7-11-18/h2-15,22-23H,16H2,1H3. The van der Waals surface area contributed by atoms with Crippen molar-refractivity contribution in [2.24, 2.45) is 5.16 Å². The van der Waals surface area contributed by atoms with Gasteiger partial charge in [-0.05, 0) is 35.4 Å². The van der Waals surface area contributed by atoms with E-state index in [2.05, 4.69) is 29.4 Å². The summed E-state index contributed by atoms with van der Waals surface area (Å²) in [4.78, 5) is 5.58. The molecule has 27 heavy (non-hydrogen) atoms. The Morgan fingerprint density at radius 1 is 0.815 bits per heavy atom. The topological polar surface area (TPSA) is 40.0 Å². The summed E-state index contributed by atoms with van der Waals surface area (Å²) in [6.45, 7) is 0. The Labute approximate surface area is 159 Å². The summed E-state index contributed by atoms with van der Waals surface area (Å²) in [6.07, 6.45) is 0.184. The summed E-state index contributed by atoms with van der Waals surface area (Å²) in [6, 6.07) is 28.2. The second kappa shape index (κ2) is 7.96. The van der Waals surface area contributed by atoms with Gasteiger partial charge in [0.2, 0.25) is 0 Å². The third-order valence-corrected chi connectivity index (χ3v) is 4.59. The highest BCUT2D eigenvalue weighted by Crippen LogP contribution is 2.32. The first-order chi connectivity index (χ1) is 13.3. The molecule has 1 unspecified atom stereocenters. The summed E-state index contributed by atoms with van der Waals surface area (Å²) in [5.41, 5.74) is 3.35. The molecule has 4 rings (SSSR count). The normalized spacial score (nSPS) is 15.9. The van der Waals surface area contributed by atoms with Gasteiger partial charge in [-0.15, -0.1) is 0 Å². The van der Waals surface area contributed by atoms with Crippen LogP contribution in [0.1, 0.15) is 23.5 Å². The third-order valence-electron chi connectivity index (χ3n) is 4.59. The molecule has 3 aromatic carbocycles. The van der Waals surface area contributed by atoms with Crippen molar-refractivity contribution in [1.82, 2.24) is 0 Å². The second-order valence-corrected chi connectivity index (χ2v) is 6.37. The van der Waals surface area contributed by atoms with Gasteiger partial charge in [0.05, 0.1) is 25.2 Å². The Balaban J connectivity index is 1.52. The molecule has 1 atom stereocenters. The van der Waals surface area contributed by atoms with Crippen molar-refractivity contribution in [3.05, 3.63) is 96.1 Å². The molecule has 0 N–H and O–H groups in total. The number of nitrogens with zero attached hydrogens (tertiary/aromatic N) is 1. The maximum atomic E-state index is 5.93. The van der Waals surface area contributed by atoms with Crippen LogP contribution in [0.15, 0.2) is 90.1 Å². The fourth-order valence-corrected chi connectivity index (χ4v) is 3.28. The summed E-state index contributed by atoms with van der Waals surface area (Å²) < 4.78 is 11.1. The maximum absolute atomic E-state index is 5.93. The zero-order valence-electron chi connectivity index (χ0n) is 15.1. The lowest BCUT2D eigenvalue weighted by atomic mass is 9.86. The van der Waals surface area contributed by atoms with E-state index in [4.69, 9.17) is 14.3 Å². The molecule has 0 fully saturated rings. The largest absolute Gasteiger partial charge is 0.497 e. The minimum absolute atomic E-state index is 0.0527. The van der Waals surface area contributed by atoms with Crippen LogP contribution in [0.25, 0.3) is 0 Å². The number of rotatable bonds is 6. The van der Waals surface area contributed by atoms with E-state index in [1.54, 1.807) is 7.11 Å². The van der Waals surface area contributed by atoms with Crippen molar-refractivity contribution in [2.75, 3.05) is 7.11 Å². The molecule has 0 amide bonds. The number of benzene rings is 3. The predicted molar refractivity (Wildman–Crippen MR) is 105 cm³/mol. The molecule has 136 valence electrons. The lowest BCUT2D eigenvalue weighted by Crippen LogP contribution is -2.19. The second-order valence-electron chi connectivity index (χ2n) is 6.37. The van der Waals surface area contributed by atoms with Crippen molar-refractivity contribution in [1.29, 1.82) is 0 Å². The number of hydrogen-bond acceptors (Lipinski definition) is 4. The average Bonchev–Trinajstić information content (AvgIpc) is 3.18. The van der Waals surface area contributed by atoms with Crippen LogP contribution in [0.4, 0.5) is 0 Å². The quantitative estimate of drug-likeness (QED) is 0.621. The van der Waals surface area contributed by atoms with Crippen LogP contribution in [-0.4, -0.2) is 19.1 Å². The zero-order chi connectivity index (χ0) is 18.5. The number of oxime groups is 1. The van der Waals surface area contributed by atoms with E-state index in [0.717, 1.165) is 17.2 Å². The van der Waals surface area contributed by atoms with Gasteiger partial charge in [-0.1, -0.05) is 65.8 Å². The Kier molecular flexibility index (Phi) is 5.06. The van der Waals surface area contributed by atoms with Gasteiger partial charge in [0, 0.05) is 0 Å². The number of hydrogen-bond donors (Lipinski definition) is 0. The van der Waals surface area contributed by atoms with Crippen LogP contribution in [-0.2, 0) is 4.84 Å². The molecule has 0 aliphatic carbocycles.